The molecule has 0 aliphatic heterocycles. The molecule has 0 atom stereocenters. The van der Waals surface area contributed by atoms with Crippen molar-refractivity contribution >= 4 is 7.75 Å². The van der Waals surface area contributed by atoms with Crippen molar-refractivity contribution in [2.75, 3.05) is 39.6 Å². The lowest BCUT2D eigenvalue weighted by molar-refractivity contribution is 0.0943. The highest BCUT2D eigenvalue weighted by Crippen LogP contribution is 2.42. The van der Waals surface area contributed by atoms with Crippen molar-refractivity contribution in [2.24, 2.45) is 0 Å². The number of aliphatic hydroxyl groups excluding tert-OH is 1. The zero-order chi connectivity index (χ0) is 11.6. The average molecular weight is 241 g/mol. The van der Waals surface area contributed by atoms with E-state index in [0.29, 0.717) is 26.4 Å². The molecule has 0 heterocycles. The van der Waals surface area contributed by atoms with Crippen LogP contribution in [0.5, 0.6) is 0 Å². The first-order chi connectivity index (χ1) is 7.18. The first kappa shape index (κ1) is 15.0. The highest BCUT2D eigenvalue weighted by molar-refractivity contribution is 7.51. The molecule has 7 heteroatoms. The van der Waals surface area contributed by atoms with Gasteiger partial charge in [-0.1, -0.05) is 0 Å². The molecule has 0 aromatic heterocycles. The molecule has 15 heavy (non-hydrogen) atoms. The van der Waals surface area contributed by atoms with Crippen molar-refractivity contribution in [3.8, 4) is 0 Å². The summed E-state index contributed by atoms with van der Waals surface area (Å²) in [6.45, 7) is 5.10. The van der Waals surface area contributed by atoms with Gasteiger partial charge in [0, 0.05) is 6.54 Å². The van der Waals surface area contributed by atoms with Gasteiger partial charge >= 0.3 is 7.75 Å². The Bertz CT molecular complexity index is 180. The van der Waals surface area contributed by atoms with Gasteiger partial charge < -0.3 is 9.84 Å². The molecule has 0 aliphatic carbocycles. The molecule has 2 N–H and O–H groups in total. The summed E-state index contributed by atoms with van der Waals surface area (Å²) < 4.78 is 26.8. The van der Waals surface area contributed by atoms with Crippen LogP contribution in [0.25, 0.3) is 0 Å². The zero-order valence-corrected chi connectivity index (χ0v) is 10.2. The summed E-state index contributed by atoms with van der Waals surface area (Å²) in [5.74, 6) is 0. The Labute approximate surface area is 90.5 Å². The minimum atomic E-state index is -3.16. The molecule has 0 bridgehead atoms. The third-order valence-corrected chi connectivity index (χ3v) is 3.19. The molecule has 0 spiro atoms. The largest absolute Gasteiger partial charge is 0.405 e. The van der Waals surface area contributed by atoms with E-state index in [1.54, 1.807) is 13.8 Å². The summed E-state index contributed by atoms with van der Waals surface area (Å²) in [7, 11) is -3.16. The molecule has 92 valence electrons. The molecule has 0 radical (unpaired) electrons. The lowest BCUT2D eigenvalue weighted by Gasteiger charge is -2.17. The number of hydrogen-bond acceptors (Lipinski definition) is 5. The minimum Gasteiger partial charge on any atom is -0.394 e. The summed E-state index contributed by atoms with van der Waals surface area (Å²) in [6.07, 6.45) is 0. The van der Waals surface area contributed by atoms with E-state index in [0.717, 1.165) is 0 Å². The van der Waals surface area contributed by atoms with Gasteiger partial charge in [-0.25, -0.2) is 9.65 Å². The van der Waals surface area contributed by atoms with Crippen molar-refractivity contribution in [1.29, 1.82) is 0 Å². The number of rotatable bonds is 10. The third-order valence-electron chi connectivity index (χ3n) is 1.39. The summed E-state index contributed by atoms with van der Waals surface area (Å²) in [5, 5.41) is 11.1. The Morgan fingerprint density at radius 2 is 1.80 bits per heavy atom. The maximum Gasteiger partial charge on any atom is 0.405 e. The predicted molar refractivity (Wildman–Crippen MR) is 56.8 cm³/mol. The normalized spacial score (nSPS) is 11.9. The van der Waals surface area contributed by atoms with Crippen LogP contribution in [-0.2, 0) is 18.3 Å². The SMILES string of the molecule is CCOP(=O)(NCCOCCO)OCC. The molecule has 0 rings (SSSR count). The molecule has 0 aromatic rings. The molecule has 0 aliphatic rings. The monoisotopic (exact) mass is 241 g/mol. The van der Waals surface area contributed by atoms with Gasteiger partial charge in [-0.3, -0.25) is 9.05 Å². The minimum absolute atomic E-state index is 0.0193. The van der Waals surface area contributed by atoms with Gasteiger partial charge in [-0.05, 0) is 13.8 Å². The molecule has 0 amide bonds. The fraction of sp³-hybridized carbons (Fsp3) is 1.00. The molecule has 6 nitrogen and oxygen atoms in total. The van der Waals surface area contributed by atoms with Crippen LogP contribution in [0.15, 0.2) is 0 Å². The van der Waals surface area contributed by atoms with Crippen LogP contribution < -0.4 is 5.09 Å². The lowest BCUT2D eigenvalue weighted by Crippen LogP contribution is -2.20. The van der Waals surface area contributed by atoms with E-state index in [4.69, 9.17) is 18.9 Å². The smallest absolute Gasteiger partial charge is 0.394 e. The van der Waals surface area contributed by atoms with Crippen LogP contribution in [-0.4, -0.2) is 44.7 Å². The van der Waals surface area contributed by atoms with E-state index in [2.05, 4.69) is 5.09 Å². The van der Waals surface area contributed by atoms with Crippen LogP contribution in [0.3, 0.4) is 0 Å². The van der Waals surface area contributed by atoms with Gasteiger partial charge in [0.05, 0.1) is 33.0 Å². The van der Waals surface area contributed by atoms with Gasteiger partial charge in [0.1, 0.15) is 0 Å². The Balaban J connectivity index is 3.71. The highest BCUT2D eigenvalue weighted by atomic mass is 31.2. The van der Waals surface area contributed by atoms with Crippen molar-refractivity contribution in [2.45, 2.75) is 13.8 Å². The fourth-order valence-corrected chi connectivity index (χ4v) is 2.19. The van der Waals surface area contributed by atoms with Gasteiger partial charge in [0.15, 0.2) is 0 Å². The van der Waals surface area contributed by atoms with Gasteiger partial charge in [0.25, 0.3) is 0 Å². The predicted octanol–water partition coefficient (Wildman–Crippen LogP) is 0.766. The fourth-order valence-electron chi connectivity index (χ4n) is 0.890. The van der Waals surface area contributed by atoms with Crippen molar-refractivity contribution in [3.63, 3.8) is 0 Å². The first-order valence-corrected chi connectivity index (χ1v) is 6.55. The van der Waals surface area contributed by atoms with Gasteiger partial charge in [-0.2, -0.15) is 0 Å². The van der Waals surface area contributed by atoms with E-state index in [1.165, 1.54) is 0 Å². The van der Waals surface area contributed by atoms with E-state index in [-0.39, 0.29) is 13.2 Å². The molecule has 0 aromatic carbocycles. The third kappa shape index (κ3) is 7.90. The first-order valence-electron chi connectivity index (χ1n) is 5.01. The summed E-state index contributed by atoms with van der Waals surface area (Å²) in [4.78, 5) is 0. The highest BCUT2D eigenvalue weighted by Gasteiger charge is 2.21. The van der Waals surface area contributed by atoms with Gasteiger partial charge in [0.2, 0.25) is 0 Å². The molecular formula is C8H20NO5P. The molecule has 0 unspecified atom stereocenters. The van der Waals surface area contributed by atoms with E-state index in [1.807, 2.05) is 0 Å². The van der Waals surface area contributed by atoms with Crippen LogP contribution in [0.4, 0.5) is 0 Å². The maximum absolute atomic E-state index is 11.8. The van der Waals surface area contributed by atoms with E-state index >= 15 is 0 Å². The Morgan fingerprint density at radius 3 is 2.27 bits per heavy atom. The van der Waals surface area contributed by atoms with Crippen molar-refractivity contribution in [1.82, 2.24) is 5.09 Å². The topological polar surface area (TPSA) is 77.0 Å². The van der Waals surface area contributed by atoms with E-state index < -0.39 is 7.75 Å². The number of nitrogens with one attached hydrogen (secondary N) is 1. The number of aliphatic hydroxyl groups is 1. The van der Waals surface area contributed by atoms with Crippen LogP contribution in [0, 0.1) is 0 Å². The molecule has 0 fully saturated rings. The summed E-state index contributed by atoms with van der Waals surface area (Å²) >= 11 is 0. The molecule has 0 saturated heterocycles. The van der Waals surface area contributed by atoms with Crippen molar-refractivity contribution in [3.05, 3.63) is 0 Å². The van der Waals surface area contributed by atoms with Gasteiger partial charge in [-0.15, -0.1) is 0 Å². The van der Waals surface area contributed by atoms with Crippen LogP contribution >= 0.6 is 7.75 Å². The zero-order valence-electron chi connectivity index (χ0n) is 9.27. The van der Waals surface area contributed by atoms with Crippen molar-refractivity contribution < 1.29 is 23.5 Å². The Hall–Kier alpha value is 0.0300. The molecular weight excluding hydrogens is 221 g/mol. The second-order valence-electron chi connectivity index (χ2n) is 2.58. The Kier molecular flexibility index (Phi) is 9.29. The van der Waals surface area contributed by atoms with Crippen LogP contribution in [0.2, 0.25) is 0 Å². The second kappa shape index (κ2) is 9.27. The lowest BCUT2D eigenvalue weighted by atomic mass is 10.7. The van der Waals surface area contributed by atoms with Crippen LogP contribution in [0.1, 0.15) is 13.8 Å². The summed E-state index contributed by atoms with van der Waals surface area (Å²) in [5.41, 5.74) is 0. The molecule has 0 saturated carbocycles. The summed E-state index contributed by atoms with van der Waals surface area (Å²) in [6, 6.07) is 0. The standard InChI is InChI=1S/C8H20NO5P/c1-3-13-15(11,14-4-2)9-5-7-12-8-6-10/h10H,3-8H2,1-2H3,(H,9,11). The maximum atomic E-state index is 11.8. The number of hydrogen-bond donors (Lipinski definition) is 2. The average Bonchev–Trinajstić information content (AvgIpc) is 2.18. The van der Waals surface area contributed by atoms with E-state index in [9.17, 15) is 4.57 Å². The Morgan fingerprint density at radius 1 is 1.20 bits per heavy atom. The second-order valence-corrected chi connectivity index (χ2v) is 4.40. The number of ether oxygens (including phenoxy) is 1. The quantitative estimate of drug-likeness (QED) is 0.434.